The molecule has 25 heavy (non-hydrogen) atoms. The maximum atomic E-state index is 12.4. The van der Waals surface area contributed by atoms with Crippen LogP contribution in [0.3, 0.4) is 0 Å². The first-order chi connectivity index (χ1) is 11.5. The Morgan fingerprint density at radius 3 is 2.36 bits per heavy atom. The summed E-state index contributed by atoms with van der Waals surface area (Å²) in [5.74, 6) is -1.25. The first-order valence-corrected chi connectivity index (χ1v) is 8.57. The van der Waals surface area contributed by atoms with Crippen LogP contribution in [-0.4, -0.2) is 30.3 Å². The normalized spacial score (nSPS) is 12.4. The summed E-state index contributed by atoms with van der Waals surface area (Å²) in [5, 5.41) is 6.23. The van der Waals surface area contributed by atoms with E-state index in [2.05, 4.69) is 10.6 Å². The van der Waals surface area contributed by atoms with Crippen molar-refractivity contribution in [1.82, 2.24) is 10.6 Å². The van der Waals surface area contributed by atoms with Gasteiger partial charge in [0.2, 0.25) is 17.7 Å². The molecule has 0 aromatic heterocycles. The third-order valence-electron chi connectivity index (χ3n) is 3.78. The van der Waals surface area contributed by atoms with E-state index in [0.717, 1.165) is 5.56 Å². The minimum atomic E-state index is -0.811. The van der Waals surface area contributed by atoms with Crippen molar-refractivity contribution in [3.63, 3.8) is 0 Å². The highest BCUT2D eigenvalue weighted by Gasteiger charge is 2.25. The SMILES string of the molecule is CC(=O)NC(CCC(N)=O)C(=O)NCC(C)(C)c1ccc(Cl)c(Cl)c1. The van der Waals surface area contributed by atoms with Gasteiger partial charge in [-0.25, -0.2) is 0 Å². The summed E-state index contributed by atoms with van der Waals surface area (Å²) in [4.78, 5) is 34.6. The molecule has 1 aromatic carbocycles. The van der Waals surface area contributed by atoms with Crippen molar-refractivity contribution in [3.8, 4) is 0 Å². The Kier molecular flexibility index (Phi) is 7.70. The van der Waals surface area contributed by atoms with Crippen LogP contribution in [-0.2, 0) is 19.8 Å². The third-order valence-corrected chi connectivity index (χ3v) is 4.52. The van der Waals surface area contributed by atoms with Crippen LogP contribution in [0.4, 0.5) is 0 Å². The van der Waals surface area contributed by atoms with Crippen molar-refractivity contribution >= 4 is 40.9 Å². The van der Waals surface area contributed by atoms with Gasteiger partial charge >= 0.3 is 0 Å². The van der Waals surface area contributed by atoms with Gasteiger partial charge in [-0.3, -0.25) is 14.4 Å². The van der Waals surface area contributed by atoms with E-state index in [4.69, 9.17) is 28.9 Å². The van der Waals surface area contributed by atoms with Gasteiger partial charge in [0.05, 0.1) is 10.0 Å². The topological polar surface area (TPSA) is 101 Å². The number of nitrogens with two attached hydrogens (primary N) is 1. The van der Waals surface area contributed by atoms with E-state index in [9.17, 15) is 14.4 Å². The van der Waals surface area contributed by atoms with E-state index >= 15 is 0 Å². The first-order valence-electron chi connectivity index (χ1n) is 7.81. The van der Waals surface area contributed by atoms with Crippen LogP contribution in [0.1, 0.15) is 39.2 Å². The molecular weight excluding hydrogens is 365 g/mol. The van der Waals surface area contributed by atoms with Gasteiger partial charge in [-0.15, -0.1) is 0 Å². The molecule has 1 rings (SSSR count). The number of nitrogens with one attached hydrogen (secondary N) is 2. The van der Waals surface area contributed by atoms with Gasteiger partial charge < -0.3 is 16.4 Å². The minimum absolute atomic E-state index is 0.00848. The van der Waals surface area contributed by atoms with Crippen molar-refractivity contribution < 1.29 is 14.4 Å². The van der Waals surface area contributed by atoms with E-state index in [1.165, 1.54) is 6.92 Å². The summed E-state index contributed by atoms with van der Waals surface area (Å²) in [6, 6.07) is 4.50. The molecule has 0 aliphatic heterocycles. The number of benzene rings is 1. The fourth-order valence-electron chi connectivity index (χ4n) is 2.25. The molecule has 0 bridgehead atoms. The Bertz CT molecular complexity index is 663. The highest BCUT2D eigenvalue weighted by molar-refractivity contribution is 6.42. The zero-order valence-corrected chi connectivity index (χ0v) is 16.0. The second kappa shape index (κ2) is 9.06. The smallest absolute Gasteiger partial charge is 0.242 e. The third kappa shape index (κ3) is 6.92. The van der Waals surface area contributed by atoms with Crippen molar-refractivity contribution in [2.75, 3.05) is 6.54 Å². The van der Waals surface area contributed by atoms with Gasteiger partial charge in [0.1, 0.15) is 6.04 Å². The number of hydrogen-bond donors (Lipinski definition) is 3. The second-order valence-electron chi connectivity index (χ2n) is 6.49. The summed E-state index contributed by atoms with van der Waals surface area (Å²) in [7, 11) is 0. The van der Waals surface area contributed by atoms with E-state index in [1.807, 2.05) is 19.9 Å². The molecule has 4 N–H and O–H groups in total. The van der Waals surface area contributed by atoms with E-state index in [0.29, 0.717) is 16.6 Å². The summed E-state index contributed by atoms with van der Waals surface area (Å²) in [6.07, 6.45) is 0.155. The van der Waals surface area contributed by atoms with Crippen LogP contribution < -0.4 is 16.4 Å². The molecule has 0 radical (unpaired) electrons. The van der Waals surface area contributed by atoms with E-state index in [-0.39, 0.29) is 24.7 Å². The molecule has 0 heterocycles. The van der Waals surface area contributed by atoms with Crippen LogP contribution in [0.25, 0.3) is 0 Å². The number of halogens is 2. The maximum Gasteiger partial charge on any atom is 0.242 e. The molecule has 138 valence electrons. The summed E-state index contributed by atoms with van der Waals surface area (Å²) >= 11 is 12.0. The van der Waals surface area contributed by atoms with Gasteiger partial charge in [-0.05, 0) is 24.1 Å². The Hall–Kier alpha value is -1.79. The molecule has 6 nitrogen and oxygen atoms in total. The molecule has 0 fully saturated rings. The van der Waals surface area contributed by atoms with Crippen LogP contribution in [0.5, 0.6) is 0 Å². The lowest BCUT2D eigenvalue weighted by molar-refractivity contribution is -0.128. The Morgan fingerprint density at radius 2 is 1.84 bits per heavy atom. The minimum Gasteiger partial charge on any atom is -0.370 e. The van der Waals surface area contributed by atoms with Gasteiger partial charge in [0.25, 0.3) is 0 Å². The molecule has 1 aromatic rings. The zero-order chi connectivity index (χ0) is 19.2. The molecular formula is C17H23Cl2N3O3. The molecule has 0 saturated carbocycles. The monoisotopic (exact) mass is 387 g/mol. The number of hydrogen-bond acceptors (Lipinski definition) is 3. The molecule has 1 unspecified atom stereocenters. The molecule has 0 aliphatic carbocycles. The van der Waals surface area contributed by atoms with Gasteiger partial charge in [0.15, 0.2) is 0 Å². The highest BCUT2D eigenvalue weighted by Crippen LogP contribution is 2.29. The average molecular weight is 388 g/mol. The fraction of sp³-hybridized carbons (Fsp3) is 0.471. The molecule has 0 aliphatic rings. The molecule has 0 spiro atoms. The van der Waals surface area contributed by atoms with Crippen LogP contribution in [0, 0.1) is 0 Å². The predicted octanol–water partition coefficient (Wildman–Crippen LogP) is 2.16. The van der Waals surface area contributed by atoms with E-state index in [1.54, 1.807) is 12.1 Å². The zero-order valence-electron chi connectivity index (χ0n) is 14.5. The number of primary amides is 1. The quantitative estimate of drug-likeness (QED) is 0.636. The largest absolute Gasteiger partial charge is 0.370 e. The lowest BCUT2D eigenvalue weighted by Crippen LogP contribution is -2.49. The number of carbonyl (C=O) groups excluding carboxylic acids is 3. The second-order valence-corrected chi connectivity index (χ2v) is 7.30. The Balaban J connectivity index is 2.76. The standard InChI is InChI=1S/C17H23Cl2N3O3/c1-10(23)22-14(6-7-15(20)24)16(25)21-9-17(2,3)11-4-5-12(18)13(19)8-11/h4-5,8,14H,6-7,9H2,1-3H3,(H2,20,24)(H,21,25)(H,22,23). The first kappa shape index (κ1) is 21.3. The van der Waals surface area contributed by atoms with Crippen LogP contribution in [0.2, 0.25) is 10.0 Å². The van der Waals surface area contributed by atoms with Gasteiger partial charge in [0, 0.05) is 25.3 Å². The number of carbonyl (C=O) groups is 3. The van der Waals surface area contributed by atoms with Crippen LogP contribution >= 0.6 is 23.2 Å². The summed E-state index contributed by atoms with van der Waals surface area (Å²) in [6.45, 7) is 5.52. The summed E-state index contributed by atoms with van der Waals surface area (Å²) < 4.78 is 0. The van der Waals surface area contributed by atoms with Crippen LogP contribution in [0.15, 0.2) is 18.2 Å². The van der Waals surface area contributed by atoms with Crippen molar-refractivity contribution in [2.24, 2.45) is 5.73 Å². The molecule has 8 heteroatoms. The van der Waals surface area contributed by atoms with Crippen molar-refractivity contribution in [2.45, 2.75) is 45.1 Å². The van der Waals surface area contributed by atoms with Crippen molar-refractivity contribution in [1.29, 1.82) is 0 Å². The van der Waals surface area contributed by atoms with Crippen molar-refractivity contribution in [3.05, 3.63) is 33.8 Å². The predicted molar refractivity (Wildman–Crippen MR) is 98.5 cm³/mol. The Labute approximate surface area is 157 Å². The average Bonchev–Trinajstić information content (AvgIpc) is 2.51. The lowest BCUT2D eigenvalue weighted by Gasteiger charge is -2.27. The van der Waals surface area contributed by atoms with Gasteiger partial charge in [-0.1, -0.05) is 43.1 Å². The maximum absolute atomic E-state index is 12.4. The van der Waals surface area contributed by atoms with Gasteiger partial charge in [-0.2, -0.15) is 0 Å². The Morgan fingerprint density at radius 1 is 1.20 bits per heavy atom. The fourth-order valence-corrected chi connectivity index (χ4v) is 2.55. The number of amides is 3. The highest BCUT2D eigenvalue weighted by atomic mass is 35.5. The molecule has 1 atom stereocenters. The summed E-state index contributed by atoms with van der Waals surface area (Å²) in [5.41, 5.74) is 5.61. The number of rotatable bonds is 8. The molecule has 3 amide bonds. The molecule has 0 saturated heterocycles. The van der Waals surface area contributed by atoms with E-state index < -0.39 is 17.4 Å². The lowest BCUT2D eigenvalue weighted by atomic mass is 9.84.